The molecule has 0 N–H and O–H groups in total. The average Bonchev–Trinajstić information content (AvgIpc) is 3.12. The first-order valence-corrected chi connectivity index (χ1v) is 8.57. The summed E-state index contributed by atoms with van der Waals surface area (Å²) in [4.78, 5) is 20.7. The highest BCUT2D eigenvalue weighted by Crippen LogP contribution is 2.32. The van der Waals surface area contributed by atoms with E-state index in [4.69, 9.17) is 4.52 Å². The molecule has 0 fully saturated rings. The second-order valence-corrected chi connectivity index (χ2v) is 7.16. The van der Waals surface area contributed by atoms with Gasteiger partial charge < -0.3 is 9.42 Å². The molecular formula is C16H21N3O2S. The van der Waals surface area contributed by atoms with Crippen molar-refractivity contribution >= 4 is 17.2 Å². The van der Waals surface area contributed by atoms with E-state index in [0.717, 1.165) is 23.6 Å². The molecule has 1 aliphatic carbocycles. The first kappa shape index (κ1) is 15.2. The van der Waals surface area contributed by atoms with E-state index < -0.39 is 0 Å². The SMILES string of the molecule is CCc1nc(CN(C)C(=O)c2cc3c(s2)CCC(C)C3)no1. The minimum atomic E-state index is 0.0369. The van der Waals surface area contributed by atoms with Crippen molar-refractivity contribution in [1.29, 1.82) is 0 Å². The summed E-state index contributed by atoms with van der Waals surface area (Å²) < 4.78 is 5.08. The van der Waals surface area contributed by atoms with E-state index in [-0.39, 0.29) is 5.91 Å². The fraction of sp³-hybridized carbons (Fsp3) is 0.562. The largest absolute Gasteiger partial charge is 0.339 e. The smallest absolute Gasteiger partial charge is 0.264 e. The zero-order chi connectivity index (χ0) is 15.7. The maximum absolute atomic E-state index is 12.6. The van der Waals surface area contributed by atoms with Crippen LogP contribution in [-0.4, -0.2) is 28.0 Å². The van der Waals surface area contributed by atoms with Crippen LogP contribution < -0.4 is 0 Å². The van der Waals surface area contributed by atoms with Gasteiger partial charge in [0, 0.05) is 18.3 Å². The van der Waals surface area contributed by atoms with Crippen molar-refractivity contribution < 1.29 is 9.32 Å². The predicted octanol–water partition coefficient (Wildman–Crippen LogP) is 3.09. The summed E-state index contributed by atoms with van der Waals surface area (Å²) in [6, 6.07) is 2.07. The molecule has 5 nitrogen and oxygen atoms in total. The fourth-order valence-corrected chi connectivity index (χ4v) is 3.98. The Bertz CT molecular complexity index is 677. The van der Waals surface area contributed by atoms with Crippen LogP contribution >= 0.6 is 11.3 Å². The molecule has 0 saturated heterocycles. The molecule has 2 aromatic rings. The van der Waals surface area contributed by atoms with E-state index in [0.29, 0.717) is 24.7 Å². The average molecular weight is 319 g/mol. The summed E-state index contributed by atoms with van der Waals surface area (Å²) in [5.41, 5.74) is 1.35. The second-order valence-electron chi connectivity index (χ2n) is 6.03. The number of carbonyl (C=O) groups is 1. The molecule has 6 heteroatoms. The molecule has 1 unspecified atom stereocenters. The number of aryl methyl sites for hydroxylation is 2. The van der Waals surface area contributed by atoms with Crippen LogP contribution in [0, 0.1) is 5.92 Å². The molecule has 0 bridgehead atoms. The van der Waals surface area contributed by atoms with Crippen molar-refractivity contribution in [2.24, 2.45) is 5.92 Å². The predicted molar refractivity (Wildman–Crippen MR) is 85.0 cm³/mol. The molecule has 0 aromatic carbocycles. The molecule has 1 amide bonds. The highest BCUT2D eigenvalue weighted by atomic mass is 32.1. The lowest BCUT2D eigenvalue weighted by molar-refractivity contribution is 0.0785. The molecule has 2 heterocycles. The third kappa shape index (κ3) is 3.06. The van der Waals surface area contributed by atoms with Gasteiger partial charge in [0.05, 0.1) is 11.4 Å². The van der Waals surface area contributed by atoms with Crippen molar-refractivity contribution in [3.05, 3.63) is 33.1 Å². The van der Waals surface area contributed by atoms with Gasteiger partial charge in [-0.05, 0) is 36.8 Å². The third-order valence-corrected chi connectivity index (χ3v) is 5.30. The maximum Gasteiger partial charge on any atom is 0.264 e. The van der Waals surface area contributed by atoms with E-state index in [9.17, 15) is 4.79 Å². The number of amides is 1. The Morgan fingerprint density at radius 3 is 3.09 bits per heavy atom. The normalized spacial score (nSPS) is 17.3. The second kappa shape index (κ2) is 6.20. The van der Waals surface area contributed by atoms with Crippen LogP contribution in [0.5, 0.6) is 0 Å². The zero-order valence-electron chi connectivity index (χ0n) is 13.3. The van der Waals surface area contributed by atoms with E-state index >= 15 is 0 Å². The molecule has 118 valence electrons. The number of hydrogen-bond acceptors (Lipinski definition) is 5. The Morgan fingerprint density at radius 1 is 1.55 bits per heavy atom. The molecular weight excluding hydrogens is 298 g/mol. The van der Waals surface area contributed by atoms with E-state index in [1.807, 2.05) is 6.92 Å². The number of nitrogens with zero attached hydrogens (tertiary/aromatic N) is 3. The Morgan fingerprint density at radius 2 is 2.36 bits per heavy atom. The van der Waals surface area contributed by atoms with Crippen LogP contribution in [0.1, 0.15) is 52.1 Å². The highest BCUT2D eigenvalue weighted by Gasteiger charge is 2.23. The van der Waals surface area contributed by atoms with Crippen LogP contribution in [-0.2, 0) is 25.8 Å². The van der Waals surface area contributed by atoms with Crippen LogP contribution in [0.15, 0.2) is 10.6 Å². The van der Waals surface area contributed by atoms with E-state index in [1.54, 1.807) is 23.3 Å². The van der Waals surface area contributed by atoms with Gasteiger partial charge in [0.1, 0.15) is 0 Å². The molecule has 0 spiro atoms. The molecule has 0 radical (unpaired) electrons. The summed E-state index contributed by atoms with van der Waals surface area (Å²) in [5, 5.41) is 3.90. The summed E-state index contributed by atoms with van der Waals surface area (Å²) >= 11 is 1.64. The molecule has 1 aliphatic rings. The summed E-state index contributed by atoms with van der Waals surface area (Å²) in [6.07, 6.45) is 4.12. The summed E-state index contributed by atoms with van der Waals surface area (Å²) in [7, 11) is 1.78. The van der Waals surface area contributed by atoms with Crippen LogP contribution in [0.2, 0.25) is 0 Å². The molecule has 3 rings (SSSR count). The Balaban J connectivity index is 1.70. The van der Waals surface area contributed by atoms with Gasteiger partial charge >= 0.3 is 0 Å². The third-order valence-electron chi connectivity index (χ3n) is 4.08. The van der Waals surface area contributed by atoms with Crippen LogP contribution in [0.25, 0.3) is 0 Å². The number of thiophene rings is 1. The van der Waals surface area contributed by atoms with Crippen LogP contribution in [0.3, 0.4) is 0 Å². The van der Waals surface area contributed by atoms with E-state index in [1.165, 1.54) is 16.9 Å². The quantitative estimate of drug-likeness (QED) is 0.869. The van der Waals surface area contributed by atoms with Gasteiger partial charge in [-0.2, -0.15) is 4.98 Å². The molecule has 0 aliphatic heterocycles. The van der Waals surface area contributed by atoms with Gasteiger partial charge in [0.15, 0.2) is 5.82 Å². The van der Waals surface area contributed by atoms with Gasteiger partial charge in [-0.25, -0.2) is 0 Å². The van der Waals surface area contributed by atoms with Crippen molar-refractivity contribution in [3.8, 4) is 0 Å². The van der Waals surface area contributed by atoms with Crippen molar-refractivity contribution in [1.82, 2.24) is 15.0 Å². The summed E-state index contributed by atoms with van der Waals surface area (Å²) in [6.45, 7) is 4.61. The Labute approximate surface area is 134 Å². The van der Waals surface area contributed by atoms with Gasteiger partial charge in [0.25, 0.3) is 5.91 Å². The Hall–Kier alpha value is -1.69. The lowest BCUT2D eigenvalue weighted by atomic mass is 9.90. The first-order chi connectivity index (χ1) is 10.6. The number of carbonyl (C=O) groups excluding carboxylic acids is 1. The van der Waals surface area contributed by atoms with E-state index in [2.05, 4.69) is 23.1 Å². The topological polar surface area (TPSA) is 59.2 Å². The summed E-state index contributed by atoms with van der Waals surface area (Å²) in [5.74, 6) is 1.92. The zero-order valence-corrected chi connectivity index (χ0v) is 14.1. The van der Waals surface area contributed by atoms with Crippen molar-refractivity contribution in [3.63, 3.8) is 0 Å². The maximum atomic E-state index is 12.6. The number of rotatable bonds is 4. The first-order valence-electron chi connectivity index (χ1n) is 7.75. The molecule has 22 heavy (non-hydrogen) atoms. The minimum Gasteiger partial charge on any atom is -0.339 e. The van der Waals surface area contributed by atoms with Crippen molar-refractivity contribution in [2.45, 2.75) is 46.1 Å². The van der Waals surface area contributed by atoms with Crippen LogP contribution in [0.4, 0.5) is 0 Å². The number of hydrogen-bond donors (Lipinski definition) is 0. The number of fused-ring (bicyclic) bond motifs is 1. The number of aromatic nitrogens is 2. The fourth-order valence-electron chi connectivity index (χ4n) is 2.78. The molecule has 0 saturated carbocycles. The standard InChI is InChI=1S/C16H21N3O2S/c1-4-15-17-14(18-21-15)9-19(3)16(20)13-8-11-7-10(2)5-6-12(11)22-13/h8,10H,4-7,9H2,1-3H3. The van der Waals surface area contributed by atoms with Gasteiger partial charge in [-0.1, -0.05) is 19.0 Å². The minimum absolute atomic E-state index is 0.0369. The van der Waals surface area contributed by atoms with Gasteiger partial charge in [0.2, 0.25) is 5.89 Å². The molecule has 1 atom stereocenters. The van der Waals surface area contributed by atoms with Gasteiger partial charge in [-0.3, -0.25) is 4.79 Å². The highest BCUT2D eigenvalue weighted by molar-refractivity contribution is 7.14. The van der Waals surface area contributed by atoms with Gasteiger partial charge in [-0.15, -0.1) is 11.3 Å². The monoisotopic (exact) mass is 319 g/mol. The van der Waals surface area contributed by atoms with Crippen molar-refractivity contribution in [2.75, 3.05) is 7.05 Å². The lowest BCUT2D eigenvalue weighted by Gasteiger charge is -2.16. The Kier molecular flexibility index (Phi) is 4.29. The lowest BCUT2D eigenvalue weighted by Crippen LogP contribution is -2.26. The molecule has 2 aromatic heterocycles.